The minimum absolute atomic E-state index is 0.0760. The highest BCUT2D eigenvalue weighted by Gasteiger charge is 2.22. The summed E-state index contributed by atoms with van der Waals surface area (Å²) in [6.07, 6.45) is 0. The van der Waals surface area contributed by atoms with E-state index in [1.54, 1.807) is 12.1 Å². The van der Waals surface area contributed by atoms with Crippen molar-refractivity contribution in [2.45, 2.75) is 13.0 Å². The Bertz CT molecular complexity index is 701. The van der Waals surface area contributed by atoms with Gasteiger partial charge in [-0.15, -0.1) is 0 Å². The fraction of sp³-hybridized carbons (Fsp3) is 0.350. The van der Waals surface area contributed by atoms with Crippen LogP contribution in [0.15, 0.2) is 54.6 Å². The van der Waals surface area contributed by atoms with Crippen LogP contribution in [0.1, 0.15) is 6.92 Å². The molecule has 26 heavy (non-hydrogen) atoms. The lowest BCUT2D eigenvalue weighted by atomic mass is 10.2. The summed E-state index contributed by atoms with van der Waals surface area (Å²) in [5, 5.41) is 2.96. The first kappa shape index (κ1) is 18.0. The van der Waals surface area contributed by atoms with E-state index in [-0.39, 0.29) is 17.9 Å². The first-order valence-electron chi connectivity index (χ1n) is 8.85. The van der Waals surface area contributed by atoms with Gasteiger partial charge in [-0.25, -0.2) is 9.18 Å². The van der Waals surface area contributed by atoms with Gasteiger partial charge in [-0.1, -0.05) is 18.2 Å². The number of urea groups is 1. The van der Waals surface area contributed by atoms with Crippen LogP contribution in [0.2, 0.25) is 0 Å². The van der Waals surface area contributed by atoms with Gasteiger partial charge in [0.15, 0.2) is 0 Å². The van der Waals surface area contributed by atoms with Gasteiger partial charge in [0.25, 0.3) is 0 Å². The van der Waals surface area contributed by atoms with Crippen LogP contribution in [-0.4, -0.2) is 49.8 Å². The van der Waals surface area contributed by atoms with Gasteiger partial charge in [0.2, 0.25) is 0 Å². The van der Waals surface area contributed by atoms with E-state index in [1.807, 2.05) is 30.0 Å². The number of anilines is 1. The Morgan fingerprint density at radius 1 is 1.08 bits per heavy atom. The molecule has 1 unspecified atom stereocenters. The Balaban J connectivity index is 1.41. The van der Waals surface area contributed by atoms with E-state index in [4.69, 9.17) is 4.74 Å². The second-order valence-electron chi connectivity index (χ2n) is 6.43. The third-order valence-corrected chi connectivity index (χ3v) is 4.37. The van der Waals surface area contributed by atoms with Gasteiger partial charge in [-0.3, -0.25) is 0 Å². The molecular weight excluding hydrogens is 333 g/mol. The summed E-state index contributed by atoms with van der Waals surface area (Å²) < 4.78 is 18.5. The summed E-state index contributed by atoms with van der Waals surface area (Å²) in [7, 11) is 0. The number of rotatable bonds is 5. The maximum atomic E-state index is 12.9. The van der Waals surface area contributed by atoms with Crippen LogP contribution in [0, 0.1) is 5.82 Å². The van der Waals surface area contributed by atoms with E-state index in [1.165, 1.54) is 17.8 Å². The van der Waals surface area contributed by atoms with Crippen molar-refractivity contribution in [2.75, 3.05) is 37.7 Å². The number of hydrogen-bond donors (Lipinski definition) is 1. The second-order valence-corrected chi connectivity index (χ2v) is 6.43. The number of carbonyl (C=O) groups is 1. The third-order valence-electron chi connectivity index (χ3n) is 4.37. The SMILES string of the molecule is CC(COc1ccc(F)cc1)NC(=O)N1CCN(c2ccccc2)CC1. The average molecular weight is 357 g/mol. The van der Waals surface area contributed by atoms with Crippen LogP contribution in [-0.2, 0) is 0 Å². The Hall–Kier alpha value is -2.76. The maximum Gasteiger partial charge on any atom is 0.317 e. The van der Waals surface area contributed by atoms with Crippen molar-refractivity contribution in [1.29, 1.82) is 0 Å². The molecule has 0 radical (unpaired) electrons. The molecule has 1 aliphatic heterocycles. The molecule has 1 heterocycles. The highest BCUT2D eigenvalue weighted by Crippen LogP contribution is 2.15. The number of nitrogens with zero attached hydrogens (tertiary/aromatic N) is 2. The second kappa shape index (κ2) is 8.56. The molecule has 3 rings (SSSR count). The quantitative estimate of drug-likeness (QED) is 0.894. The smallest absolute Gasteiger partial charge is 0.317 e. The number of halogens is 1. The van der Waals surface area contributed by atoms with Crippen molar-refractivity contribution in [1.82, 2.24) is 10.2 Å². The maximum absolute atomic E-state index is 12.9. The van der Waals surface area contributed by atoms with Crippen LogP contribution >= 0.6 is 0 Å². The number of nitrogens with one attached hydrogen (secondary N) is 1. The zero-order valence-corrected chi connectivity index (χ0v) is 14.9. The Kier molecular flexibility index (Phi) is 5.94. The molecule has 0 saturated carbocycles. The Morgan fingerprint density at radius 3 is 2.38 bits per heavy atom. The van der Waals surface area contributed by atoms with Crippen LogP contribution in [0.4, 0.5) is 14.9 Å². The van der Waals surface area contributed by atoms with Gasteiger partial charge < -0.3 is 19.9 Å². The molecule has 138 valence electrons. The number of piperazine rings is 1. The minimum Gasteiger partial charge on any atom is -0.491 e. The molecule has 1 N–H and O–H groups in total. The molecule has 6 heteroatoms. The molecule has 1 saturated heterocycles. The lowest BCUT2D eigenvalue weighted by Crippen LogP contribution is -2.53. The molecule has 5 nitrogen and oxygen atoms in total. The lowest BCUT2D eigenvalue weighted by Gasteiger charge is -2.36. The van der Waals surface area contributed by atoms with E-state index in [9.17, 15) is 9.18 Å². The summed E-state index contributed by atoms with van der Waals surface area (Å²) in [5.74, 6) is 0.289. The third kappa shape index (κ3) is 4.88. The molecule has 2 aromatic carbocycles. The van der Waals surface area contributed by atoms with Gasteiger partial charge in [0, 0.05) is 31.9 Å². The zero-order chi connectivity index (χ0) is 18.4. The van der Waals surface area contributed by atoms with Crippen molar-refractivity contribution in [2.24, 2.45) is 0 Å². The number of hydrogen-bond acceptors (Lipinski definition) is 3. The Morgan fingerprint density at radius 2 is 1.73 bits per heavy atom. The topological polar surface area (TPSA) is 44.8 Å². The monoisotopic (exact) mass is 357 g/mol. The molecule has 2 amide bonds. The summed E-state index contributed by atoms with van der Waals surface area (Å²) >= 11 is 0. The number of carbonyl (C=O) groups excluding carboxylic acids is 1. The van der Waals surface area contributed by atoms with Crippen molar-refractivity contribution in [3.63, 3.8) is 0 Å². The summed E-state index contributed by atoms with van der Waals surface area (Å²) in [6.45, 7) is 5.23. The zero-order valence-electron chi connectivity index (χ0n) is 14.9. The molecule has 0 bridgehead atoms. The van der Waals surface area contributed by atoms with E-state index in [0.717, 1.165) is 13.1 Å². The van der Waals surface area contributed by atoms with Crippen LogP contribution in [0.3, 0.4) is 0 Å². The number of benzene rings is 2. The number of ether oxygens (including phenoxy) is 1. The standard InChI is InChI=1S/C20H24FN3O2/c1-16(15-26-19-9-7-17(21)8-10-19)22-20(25)24-13-11-23(12-14-24)18-5-3-2-4-6-18/h2-10,16H,11-15H2,1H3,(H,22,25). The van der Waals surface area contributed by atoms with Gasteiger partial charge in [-0.2, -0.15) is 0 Å². The fourth-order valence-corrected chi connectivity index (χ4v) is 2.90. The first-order valence-corrected chi connectivity index (χ1v) is 8.85. The van der Waals surface area contributed by atoms with Crippen molar-refractivity contribution in [3.8, 4) is 5.75 Å². The van der Waals surface area contributed by atoms with Crippen LogP contribution in [0.5, 0.6) is 5.75 Å². The molecule has 1 aliphatic rings. The normalized spacial score (nSPS) is 15.5. The molecule has 0 aromatic heterocycles. The summed E-state index contributed by atoms with van der Waals surface area (Å²) in [5.41, 5.74) is 1.19. The molecular formula is C20H24FN3O2. The minimum atomic E-state index is -0.298. The van der Waals surface area contributed by atoms with Crippen LogP contribution in [0.25, 0.3) is 0 Å². The molecule has 0 spiro atoms. The van der Waals surface area contributed by atoms with E-state index >= 15 is 0 Å². The highest BCUT2D eigenvalue weighted by atomic mass is 19.1. The van der Waals surface area contributed by atoms with Gasteiger partial charge in [0.1, 0.15) is 18.2 Å². The summed E-state index contributed by atoms with van der Waals surface area (Å²) in [4.78, 5) is 16.5. The molecule has 1 atom stereocenters. The average Bonchev–Trinajstić information content (AvgIpc) is 2.68. The van der Waals surface area contributed by atoms with Gasteiger partial charge in [-0.05, 0) is 43.3 Å². The summed E-state index contributed by atoms with van der Waals surface area (Å²) in [6, 6.07) is 15.9. The first-order chi connectivity index (χ1) is 12.6. The van der Waals surface area contributed by atoms with Crippen molar-refractivity contribution >= 4 is 11.7 Å². The van der Waals surface area contributed by atoms with Crippen LogP contribution < -0.4 is 15.0 Å². The van der Waals surface area contributed by atoms with E-state index in [2.05, 4.69) is 22.3 Å². The van der Waals surface area contributed by atoms with Gasteiger partial charge >= 0.3 is 6.03 Å². The molecule has 0 aliphatic carbocycles. The van der Waals surface area contributed by atoms with E-state index in [0.29, 0.717) is 25.4 Å². The molecule has 2 aromatic rings. The number of para-hydroxylation sites is 1. The lowest BCUT2D eigenvalue weighted by molar-refractivity contribution is 0.184. The van der Waals surface area contributed by atoms with Crippen molar-refractivity contribution in [3.05, 3.63) is 60.4 Å². The largest absolute Gasteiger partial charge is 0.491 e. The highest BCUT2D eigenvalue weighted by molar-refractivity contribution is 5.75. The van der Waals surface area contributed by atoms with Crippen molar-refractivity contribution < 1.29 is 13.9 Å². The molecule has 1 fully saturated rings. The number of amides is 2. The van der Waals surface area contributed by atoms with Gasteiger partial charge in [0.05, 0.1) is 6.04 Å². The van der Waals surface area contributed by atoms with E-state index < -0.39 is 0 Å². The predicted octanol–water partition coefficient (Wildman–Crippen LogP) is 3.12. The Labute approximate surface area is 153 Å². The fourth-order valence-electron chi connectivity index (χ4n) is 2.90. The predicted molar refractivity (Wildman–Crippen MR) is 100 cm³/mol.